The summed E-state index contributed by atoms with van der Waals surface area (Å²) in [5.41, 5.74) is 2.78. The second kappa shape index (κ2) is 13.4. The van der Waals surface area contributed by atoms with Crippen molar-refractivity contribution >= 4 is 9.84 Å². The first-order chi connectivity index (χ1) is 14.4. The Kier molecular flexibility index (Phi) is 11.2. The van der Waals surface area contributed by atoms with Crippen molar-refractivity contribution in [2.45, 2.75) is 45.0 Å². The number of aryl methyl sites for hydroxylation is 1. The van der Waals surface area contributed by atoms with Crippen molar-refractivity contribution in [3.63, 3.8) is 0 Å². The van der Waals surface area contributed by atoms with E-state index in [0.717, 1.165) is 16.7 Å². The number of hydrogen-bond acceptors (Lipinski definition) is 3. The molecule has 4 heteroatoms. The molecule has 0 amide bonds. The van der Waals surface area contributed by atoms with Crippen molar-refractivity contribution in [3.05, 3.63) is 108 Å². The second-order valence-corrected chi connectivity index (χ2v) is 8.40. The summed E-state index contributed by atoms with van der Waals surface area (Å²) < 4.78 is 31.0. The first-order valence-corrected chi connectivity index (χ1v) is 11.7. The molecule has 3 aromatic carbocycles. The highest BCUT2D eigenvalue weighted by Gasteiger charge is 2.15. The number of rotatable bonds is 6. The molecule has 30 heavy (non-hydrogen) atoms. The van der Waals surface area contributed by atoms with Gasteiger partial charge in [-0.25, -0.2) is 8.42 Å². The highest BCUT2D eigenvalue weighted by Crippen LogP contribution is 2.22. The maximum absolute atomic E-state index is 12.6. The van der Waals surface area contributed by atoms with E-state index in [1.165, 1.54) is 0 Å². The molecule has 3 aromatic rings. The highest BCUT2D eigenvalue weighted by molar-refractivity contribution is 7.90. The summed E-state index contributed by atoms with van der Waals surface area (Å²) in [5, 5.41) is 0. The van der Waals surface area contributed by atoms with Gasteiger partial charge in [-0.3, -0.25) is 0 Å². The molecule has 0 aliphatic carbocycles. The standard InChI is InChI=1S/C21H20O3S.C3H6.C2H6/c1-17-12-19(16-25(22,23)21-10-6-3-7-11-21)14-20(13-17)24-15-18-8-4-2-5-9-18;1-3-2;1-2/h2-14H,15-16H2,1H3;3H,1H2,2H3;1-2H3. The Labute approximate surface area is 182 Å². The number of allylic oxidation sites excluding steroid dienone is 1. The Balaban J connectivity index is 0.000000826. The molecule has 0 aliphatic heterocycles. The fourth-order valence-electron chi connectivity index (χ4n) is 2.66. The van der Waals surface area contributed by atoms with E-state index in [4.69, 9.17) is 4.74 Å². The van der Waals surface area contributed by atoms with Gasteiger partial charge in [0, 0.05) is 0 Å². The van der Waals surface area contributed by atoms with E-state index in [1.54, 1.807) is 42.5 Å². The fourth-order valence-corrected chi connectivity index (χ4v) is 4.01. The molecule has 0 bridgehead atoms. The Morgan fingerprint density at radius 2 is 1.40 bits per heavy atom. The van der Waals surface area contributed by atoms with Gasteiger partial charge in [0.15, 0.2) is 9.84 Å². The van der Waals surface area contributed by atoms with Crippen LogP contribution < -0.4 is 4.74 Å². The van der Waals surface area contributed by atoms with Crippen LogP contribution in [0.1, 0.15) is 37.5 Å². The number of ether oxygens (including phenoxy) is 1. The Morgan fingerprint density at radius 3 is 1.97 bits per heavy atom. The predicted octanol–water partition coefficient (Wildman–Crippen LogP) is 6.77. The predicted molar refractivity (Wildman–Crippen MR) is 127 cm³/mol. The minimum absolute atomic E-state index is 0.0413. The lowest BCUT2D eigenvalue weighted by molar-refractivity contribution is 0.306. The third-order valence-corrected chi connectivity index (χ3v) is 5.52. The lowest BCUT2D eigenvalue weighted by Crippen LogP contribution is -2.05. The van der Waals surface area contributed by atoms with Gasteiger partial charge in [-0.1, -0.05) is 74.5 Å². The van der Waals surface area contributed by atoms with Gasteiger partial charge in [0.2, 0.25) is 0 Å². The maximum Gasteiger partial charge on any atom is 0.182 e. The van der Waals surface area contributed by atoms with Gasteiger partial charge in [-0.15, -0.1) is 6.58 Å². The normalized spacial score (nSPS) is 10.0. The zero-order valence-electron chi connectivity index (χ0n) is 18.3. The third kappa shape index (κ3) is 8.66. The molecule has 0 aromatic heterocycles. The smallest absolute Gasteiger partial charge is 0.182 e. The van der Waals surface area contributed by atoms with Gasteiger partial charge in [0.25, 0.3) is 0 Å². The second-order valence-electron chi connectivity index (χ2n) is 6.41. The zero-order valence-corrected chi connectivity index (χ0v) is 19.2. The van der Waals surface area contributed by atoms with Crippen LogP contribution in [-0.4, -0.2) is 8.42 Å². The van der Waals surface area contributed by atoms with Crippen LogP contribution in [0.2, 0.25) is 0 Å². The lowest BCUT2D eigenvalue weighted by atomic mass is 10.1. The van der Waals surface area contributed by atoms with Gasteiger partial charge >= 0.3 is 0 Å². The van der Waals surface area contributed by atoms with Crippen LogP contribution in [0, 0.1) is 6.92 Å². The Hall–Kier alpha value is -2.85. The minimum Gasteiger partial charge on any atom is -0.489 e. The van der Waals surface area contributed by atoms with E-state index in [1.807, 2.05) is 70.2 Å². The third-order valence-electron chi connectivity index (χ3n) is 3.82. The summed E-state index contributed by atoms with van der Waals surface area (Å²) in [4.78, 5) is 0.336. The molecule has 0 N–H and O–H groups in total. The van der Waals surface area contributed by atoms with Crippen LogP contribution in [0.3, 0.4) is 0 Å². The molecule has 3 rings (SSSR count). The summed E-state index contributed by atoms with van der Waals surface area (Å²) in [6, 6.07) is 24.0. The molecule has 0 heterocycles. The number of hydrogen-bond donors (Lipinski definition) is 0. The Bertz CT molecular complexity index is 979. The fraction of sp³-hybridized carbons (Fsp3) is 0.231. The van der Waals surface area contributed by atoms with Crippen molar-refractivity contribution in [2.75, 3.05) is 0 Å². The van der Waals surface area contributed by atoms with E-state index < -0.39 is 9.84 Å². The topological polar surface area (TPSA) is 43.4 Å². The molecule has 0 spiro atoms. The van der Waals surface area contributed by atoms with Crippen molar-refractivity contribution < 1.29 is 13.2 Å². The molecular formula is C26H32O3S. The zero-order chi connectivity index (χ0) is 22.4. The monoisotopic (exact) mass is 424 g/mol. The average molecular weight is 425 g/mol. The quantitative estimate of drug-likeness (QED) is 0.410. The summed E-state index contributed by atoms with van der Waals surface area (Å²) in [6.07, 6.45) is 1.75. The summed E-state index contributed by atoms with van der Waals surface area (Å²) in [5.74, 6) is 0.641. The first kappa shape index (κ1) is 25.2. The molecule has 0 unspecified atom stereocenters. The molecule has 0 aliphatic rings. The lowest BCUT2D eigenvalue weighted by Gasteiger charge is -2.11. The molecule has 0 radical (unpaired) electrons. The van der Waals surface area contributed by atoms with Crippen molar-refractivity contribution in [1.29, 1.82) is 0 Å². The highest BCUT2D eigenvalue weighted by atomic mass is 32.2. The number of benzene rings is 3. The summed E-state index contributed by atoms with van der Waals surface area (Å²) >= 11 is 0. The average Bonchev–Trinajstić information content (AvgIpc) is 2.75. The van der Waals surface area contributed by atoms with Crippen molar-refractivity contribution in [1.82, 2.24) is 0 Å². The van der Waals surface area contributed by atoms with Crippen LogP contribution in [0.25, 0.3) is 0 Å². The van der Waals surface area contributed by atoms with Gasteiger partial charge in [0.05, 0.1) is 10.6 Å². The van der Waals surface area contributed by atoms with E-state index in [-0.39, 0.29) is 5.75 Å². The van der Waals surface area contributed by atoms with Crippen molar-refractivity contribution in [2.24, 2.45) is 0 Å². The minimum atomic E-state index is -3.37. The summed E-state index contributed by atoms with van der Waals surface area (Å²) in [7, 11) is -3.37. The van der Waals surface area contributed by atoms with E-state index >= 15 is 0 Å². The van der Waals surface area contributed by atoms with E-state index in [9.17, 15) is 8.42 Å². The van der Waals surface area contributed by atoms with Crippen molar-refractivity contribution in [3.8, 4) is 5.75 Å². The van der Waals surface area contributed by atoms with Gasteiger partial charge in [-0.05, 0) is 54.8 Å². The van der Waals surface area contributed by atoms with Gasteiger partial charge < -0.3 is 4.74 Å². The van der Waals surface area contributed by atoms with Gasteiger partial charge in [-0.2, -0.15) is 0 Å². The molecule has 160 valence electrons. The van der Waals surface area contributed by atoms with E-state index in [0.29, 0.717) is 17.3 Å². The van der Waals surface area contributed by atoms with Crippen LogP contribution in [-0.2, 0) is 22.2 Å². The molecular weight excluding hydrogens is 392 g/mol. The first-order valence-electron chi connectivity index (χ1n) is 10.1. The maximum atomic E-state index is 12.6. The molecule has 0 atom stereocenters. The molecule has 0 saturated carbocycles. The molecule has 0 saturated heterocycles. The van der Waals surface area contributed by atoms with Crippen LogP contribution in [0.5, 0.6) is 5.75 Å². The molecule has 0 fully saturated rings. The van der Waals surface area contributed by atoms with Crippen LogP contribution >= 0.6 is 0 Å². The van der Waals surface area contributed by atoms with Crippen LogP contribution in [0.15, 0.2) is 96.4 Å². The van der Waals surface area contributed by atoms with E-state index in [2.05, 4.69) is 6.58 Å². The van der Waals surface area contributed by atoms with Crippen LogP contribution in [0.4, 0.5) is 0 Å². The largest absolute Gasteiger partial charge is 0.489 e. The number of sulfone groups is 1. The molecule has 3 nitrogen and oxygen atoms in total. The van der Waals surface area contributed by atoms with Gasteiger partial charge in [0.1, 0.15) is 12.4 Å². The summed E-state index contributed by atoms with van der Waals surface area (Å²) in [6.45, 7) is 11.6. The SMILES string of the molecule is C=CC.CC.Cc1cc(CS(=O)(=O)c2ccccc2)cc(OCc2ccccc2)c1. The Morgan fingerprint density at radius 1 is 0.867 bits per heavy atom.